The average Bonchev–Trinajstić information content (AvgIpc) is 2.96. The average molecular weight is 299 g/mol. The Labute approximate surface area is 130 Å². The lowest BCUT2D eigenvalue weighted by atomic mass is 10.1. The van der Waals surface area contributed by atoms with E-state index in [1.807, 2.05) is 48.5 Å². The Morgan fingerprint density at radius 1 is 1.27 bits per heavy atom. The van der Waals surface area contributed by atoms with Gasteiger partial charge in [0.1, 0.15) is 0 Å². The van der Waals surface area contributed by atoms with E-state index < -0.39 is 0 Å². The highest BCUT2D eigenvalue weighted by atomic mass is 16.5. The van der Waals surface area contributed by atoms with Crippen molar-refractivity contribution in [3.63, 3.8) is 0 Å². The van der Waals surface area contributed by atoms with Crippen LogP contribution in [0.1, 0.15) is 23.9 Å². The number of fused-ring (bicyclic) bond motifs is 1. The van der Waals surface area contributed by atoms with Crippen molar-refractivity contribution < 1.29 is 9.53 Å². The molecule has 1 aliphatic heterocycles. The van der Waals surface area contributed by atoms with Gasteiger partial charge < -0.3 is 14.2 Å². The summed E-state index contributed by atoms with van der Waals surface area (Å²) in [5.74, 6) is 0.168. The monoisotopic (exact) mass is 299 g/mol. The Hall–Kier alpha value is -2.14. The van der Waals surface area contributed by atoms with E-state index in [0.29, 0.717) is 26.2 Å². The van der Waals surface area contributed by atoms with Crippen LogP contribution in [0.15, 0.2) is 36.7 Å². The first-order valence-corrected chi connectivity index (χ1v) is 7.70. The zero-order chi connectivity index (χ0) is 15.4. The zero-order valence-corrected chi connectivity index (χ0v) is 12.9. The second-order valence-corrected chi connectivity index (χ2v) is 5.45. The Balaban J connectivity index is 1.68. The molecule has 0 aliphatic carbocycles. The molecule has 0 spiro atoms. The Morgan fingerprint density at radius 2 is 2.09 bits per heavy atom. The minimum atomic E-state index is 0.168. The maximum atomic E-state index is 12.5. The van der Waals surface area contributed by atoms with Crippen LogP contribution in [0.25, 0.3) is 0 Å². The van der Waals surface area contributed by atoms with Gasteiger partial charge in [0.05, 0.1) is 37.3 Å². The summed E-state index contributed by atoms with van der Waals surface area (Å²) in [7, 11) is 0. The van der Waals surface area contributed by atoms with Crippen LogP contribution < -0.4 is 0 Å². The molecule has 1 aromatic heterocycles. The summed E-state index contributed by atoms with van der Waals surface area (Å²) in [6, 6.07) is 9.88. The third-order valence-electron chi connectivity index (χ3n) is 3.98. The molecule has 0 radical (unpaired) electrons. The molecule has 0 unspecified atom stereocenters. The number of hydrogen-bond donors (Lipinski definition) is 0. The van der Waals surface area contributed by atoms with E-state index in [1.54, 1.807) is 0 Å². The van der Waals surface area contributed by atoms with Crippen molar-refractivity contribution in [3.8, 4) is 0 Å². The lowest BCUT2D eigenvalue weighted by molar-refractivity contribution is -0.131. The summed E-state index contributed by atoms with van der Waals surface area (Å²) < 4.78 is 7.58. The first-order chi connectivity index (χ1) is 10.8. The smallest absolute Gasteiger partial charge is 0.227 e. The second kappa shape index (κ2) is 6.75. The van der Waals surface area contributed by atoms with Gasteiger partial charge in [-0.05, 0) is 12.5 Å². The largest absolute Gasteiger partial charge is 0.375 e. The van der Waals surface area contributed by atoms with Crippen molar-refractivity contribution in [1.29, 1.82) is 0 Å². The van der Waals surface area contributed by atoms with Crippen LogP contribution in [0, 0.1) is 0 Å². The van der Waals surface area contributed by atoms with Crippen LogP contribution in [0.2, 0.25) is 0 Å². The minimum absolute atomic E-state index is 0.168. The number of nitrogens with zero attached hydrogens (tertiary/aromatic N) is 3. The number of carbonyl (C=O) groups excluding carboxylic acids is 1. The molecule has 0 N–H and O–H groups in total. The quantitative estimate of drug-likeness (QED) is 0.848. The van der Waals surface area contributed by atoms with Crippen molar-refractivity contribution in [2.24, 2.45) is 0 Å². The Morgan fingerprint density at radius 3 is 2.86 bits per heavy atom. The van der Waals surface area contributed by atoms with E-state index in [2.05, 4.69) is 9.55 Å². The van der Waals surface area contributed by atoms with E-state index >= 15 is 0 Å². The molecule has 0 bridgehead atoms. The lowest BCUT2D eigenvalue weighted by Gasteiger charge is -2.29. The van der Waals surface area contributed by atoms with Crippen molar-refractivity contribution in [3.05, 3.63) is 53.6 Å². The van der Waals surface area contributed by atoms with Crippen LogP contribution in [-0.2, 0) is 35.6 Å². The number of ether oxygens (including phenoxy) is 1. The van der Waals surface area contributed by atoms with Crippen molar-refractivity contribution in [2.45, 2.75) is 33.0 Å². The summed E-state index contributed by atoms with van der Waals surface area (Å²) in [5.41, 5.74) is 3.10. The number of amides is 1. The van der Waals surface area contributed by atoms with Crippen molar-refractivity contribution >= 4 is 5.91 Å². The van der Waals surface area contributed by atoms with Crippen molar-refractivity contribution in [2.75, 3.05) is 13.2 Å². The van der Waals surface area contributed by atoms with Gasteiger partial charge in [0.15, 0.2) is 0 Å². The standard InChI is InChI=1S/C17H21N3O2/c1-2-22-12-15-16-11-19(8-9-20(16)13-18-15)17(21)10-14-6-4-3-5-7-14/h3-7,13H,2,8-12H2,1H3. The second-order valence-electron chi connectivity index (χ2n) is 5.45. The molecule has 5 heteroatoms. The molecule has 1 amide bonds. The van der Waals surface area contributed by atoms with Gasteiger partial charge in [-0.15, -0.1) is 0 Å². The molecule has 0 saturated heterocycles. The predicted molar refractivity (Wildman–Crippen MR) is 83.1 cm³/mol. The molecule has 116 valence electrons. The third-order valence-corrected chi connectivity index (χ3v) is 3.98. The highest BCUT2D eigenvalue weighted by Crippen LogP contribution is 2.18. The van der Waals surface area contributed by atoms with E-state index in [0.717, 1.165) is 30.0 Å². The topological polar surface area (TPSA) is 47.4 Å². The molecule has 22 heavy (non-hydrogen) atoms. The molecular weight excluding hydrogens is 278 g/mol. The highest BCUT2D eigenvalue weighted by Gasteiger charge is 2.23. The number of hydrogen-bond acceptors (Lipinski definition) is 3. The minimum Gasteiger partial charge on any atom is -0.375 e. The highest BCUT2D eigenvalue weighted by molar-refractivity contribution is 5.78. The Bertz CT molecular complexity index is 637. The molecule has 0 saturated carbocycles. The SMILES string of the molecule is CCOCc1ncn2c1CN(C(=O)Cc1ccccc1)CC2. The van der Waals surface area contributed by atoms with E-state index in [-0.39, 0.29) is 5.91 Å². The molecule has 1 aliphatic rings. The van der Waals surface area contributed by atoms with Crippen LogP contribution in [0.5, 0.6) is 0 Å². The van der Waals surface area contributed by atoms with Crippen LogP contribution in [-0.4, -0.2) is 33.5 Å². The first kappa shape index (κ1) is 14.8. The van der Waals surface area contributed by atoms with Crippen LogP contribution >= 0.6 is 0 Å². The van der Waals surface area contributed by atoms with Gasteiger partial charge in [0.25, 0.3) is 0 Å². The molecule has 3 rings (SSSR count). The summed E-state index contributed by atoms with van der Waals surface area (Å²) >= 11 is 0. The van der Waals surface area contributed by atoms with Gasteiger partial charge in [-0.2, -0.15) is 0 Å². The fourth-order valence-corrected chi connectivity index (χ4v) is 2.73. The number of carbonyl (C=O) groups is 1. The summed E-state index contributed by atoms with van der Waals surface area (Å²) in [6.07, 6.45) is 2.30. The first-order valence-electron chi connectivity index (χ1n) is 7.70. The van der Waals surface area contributed by atoms with Gasteiger partial charge in [0.2, 0.25) is 5.91 Å². The predicted octanol–water partition coefficient (Wildman–Crippen LogP) is 2.00. The summed E-state index contributed by atoms with van der Waals surface area (Å²) in [6.45, 7) is 5.31. The van der Waals surface area contributed by atoms with Gasteiger partial charge in [-0.3, -0.25) is 4.79 Å². The van der Waals surface area contributed by atoms with E-state index in [4.69, 9.17) is 4.74 Å². The molecule has 2 heterocycles. The normalized spacial score (nSPS) is 14.0. The summed E-state index contributed by atoms with van der Waals surface area (Å²) in [5, 5.41) is 0. The number of benzene rings is 1. The van der Waals surface area contributed by atoms with Crippen LogP contribution in [0.4, 0.5) is 0 Å². The van der Waals surface area contributed by atoms with Gasteiger partial charge in [0, 0.05) is 19.7 Å². The van der Waals surface area contributed by atoms with Crippen molar-refractivity contribution in [1.82, 2.24) is 14.5 Å². The molecule has 2 aromatic rings. The van der Waals surface area contributed by atoms with Crippen LogP contribution in [0.3, 0.4) is 0 Å². The zero-order valence-electron chi connectivity index (χ0n) is 12.9. The maximum Gasteiger partial charge on any atom is 0.227 e. The number of aromatic nitrogens is 2. The third kappa shape index (κ3) is 3.20. The molecular formula is C17H21N3O2. The fourth-order valence-electron chi connectivity index (χ4n) is 2.73. The molecule has 5 nitrogen and oxygen atoms in total. The molecule has 1 aromatic carbocycles. The number of rotatable bonds is 5. The number of imidazole rings is 1. The van der Waals surface area contributed by atoms with Gasteiger partial charge >= 0.3 is 0 Å². The maximum absolute atomic E-state index is 12.5. The van der Waals surface area contributed by atoms with E-state index in [1.165, 1.54) is 0 Å². The van der Waals surface area contributed by atoms with Gasteiger partial charge in [-0.25, -0.2) is 4.98 Å². The Kier molecular flexibility index (Phi) is 4.53. The molecule has 0 fully saturated rings. The molecule has 0 atom stereocenters. The lowest BCUT2D eigenvalue weighted by Crippen LogP contribution is -2.39. The van der Waals surface area contributed by atoms with Gasteiger partial charge in [-0.1, -0.05) is 30.3 Å². The fraction of sp³-hybridized carbons (Fsp3) is 0.412. The van der Waals surface area contributed by atoms with E-state index in [9.17, 15) is 4.79 Å². The summed E-state index contributed by atoms with van der Waals surface area (Å²) in [4.78, 5) is 18.8.